The van der Waals surface area contributed by atoms with Gasteiger partial charge in [-0.25, -0.2) is 4.79 Å². The molecule has 0 aliphatic rings. The van der Waals surface area contributed by atoms with Crippen molar-refractivity contribution in [3.63, 3.8) is 0 Å². The van der Waals surface area contributed by atoms with Gasteiger partial charge in [-0.2, -0.15) is 5.10 Å². The first-order chi connectivity index (χ1) is 5.98. The SMILES string of the molecule is COC(=O)C(C)(C)n1ccc(C)n1. The average molecular weight is 182 g/mol. The van der Waals surface area contributed by atoms with Crippen LogP contribution in [0.2, 0.25) is 0 Å². The molecular weight excluding hydrogens is 168 g/mol. The smallest absolute Gasteiger partial charge is 0.333 e. The van der Waals surface area contributed by atoms with E-state index in [1.54, 1.807) is 24.7 Å². The maximum Gasteiger partial charge on any atom is 0.333 e. The summed E-state index contributed by atoms with van der Waals surface area (Å²) in [5, 5.41) is 4.17. The molecule has 0 fully saturated rings. The number of hydrogen-bond donors (Lipinski definition) is 0. The maximum absolute atomic E-state index is 11.4. The lowest BCUT2D eigenvalue weighted by Gasteiger charge is -2.21. The van der Waals surface area contributed by atoms with Gasteiger partial charge in [0.2, 0.25) is 0 Å². The highest BCUT2D eigenvalue weighted by molar-refractivity contribution is 5.77. The van der Waals surface area contributed by atoms with Crippen LogP contribution >= 0.6 is 0 Å². The number of hydrogen-bond acceptors (Lipinski definition) is 3. The molecule has 0 saturated heterocycles. The average Bonchev–Trinajstić information content (AvgIpc) is 2.50. The number of methoxy groups -OCH3 is 1. The van der Waals surface area contributed by atoms with E-state index in [2.05, 4.69) is 9.84 Å². The quantitative estimate of drug-likeness (QED) is 0.643. The Labute approximate surface area is 77.5 Å². The van der Waals surface area contributed by atoms with Crippen LogP contribution in [0, 0.1) is 6.92 Å². The van der Waals surface area contributed by atoms with Crippen molar-refractivity contribution < 1.29 is 9.53 Å². The van der Waals surface area contributed by atoms with Crippen LogP contribution in [0.3, 0.4) is 0 Å². The summed E-state index contributed by atoms with van der Waals surface area (Å²) in [6.07, 6.45) is 1.77. The molecule has 1 aromatic heterocycles. The van der Waals surface area contributed by atoms with Gasteiger partial charge in [-0.3, -0.25) is 4.68 Å². The lowest BCUT2D eigenvalue weighted by Crippen LogP contribution is -2.37. The Balaban J connectivity index is 2.99. The van der Waals surface area contributed by atoms with Gasteiger partial charge in [-0.05, 0) is 26.8 Å². The number of esters is 1. The summed E-state index contributed by atoms with van der Waals surface area (Å²) in [6, 6.07) is 1.85. The lowest BCUT2D eigenvalue weighted by atomic mass is 10.1. The van der Waals surface area contributed by atoms with Crippen LogP contribution in [0.25, 0.3) is 0 Å². The summed E-state index contributed by atoms with van der Waals surface area (Å²) in [5.74, 6) is -0.296. The van der Waals surface area contributed by atoms with Gasteiger partial charge in [0.15, 0.2) is 5.54 Å². The van der Waals surface area contributed by atoms with Gasteiger partial charge in [0, 0.05) is 6.20 Å². The minimum Gasteiger partial charge on any atom is -0.467 e. The highest BCUT2D eigenvalue weighted by Gasteiger charge is 2.31. The third kappa shape index (κ3) is 1.71. The number of rotatable bonds is 2. The van der Waals surface area contributed by atoms with Crippen LogP contribution in [0.1, 0.15) is 19.5 Å². The number of nitrogens with zero attached hydrogens (tertiary/aromatic N) is 2. The summed E-state index contributed by atoms with van der Waals surface area (Å²) < 4.78 is 6.28. The Morgan fingerprint density at radius 3 is 2.62 bits per heavy atom. The van der Waals surface area contributed by atoms with Crippen LogP contribution in [-0.4, -0.2) is 22.9 Å². The molecule has 0 aromatic carbocycles. The molecular formula is C9H14N2O2. The van der Waals surface area contributed by atoms with Gasteiger partial charge in [0.05, 0.1) is 12.8 Å². The van der Waals surface area contributed by atoms with E-state index in [4.69, 9.17) is 0 Å². The fourth-order valence-corrected chi connectivity index (χ4v) is 1.07. The molecule has 0 aliphatic carbocycles. The van der Waals surface area contributed by atoms with Gasteiger partial charge >= 0.3 is 5.97 Å². The molecule has 0 unspecified atom stereocenters. The minimum atomic E-state index is -0.733. The highest BCUT2D eigenvalue weighted by atomic mass is 16.5. The largest absolute Gasteiger partial charge is 0.467 e. The van der Waals surface area contributed by atoms with Crippen molar-refractivity contribution in [3.8, 4) is 0 Å². The molecule has 0 amide bonds. The van der Waals surface area contributed by atoms with E-state index in [-0.39, 0.29) is 5.97 Å². The molecule has 13 heavy (non-hydrogen) atoms. The van der Waals surface area contributed by atoms with E-state index in [9.17, 15) is 4.79 Å². The molecule has 0 radical (unpaired) electrons. The molecule has 1 aromatic rings. The van der Waals surface area contributed by atoms with Crippen LogP contribution < -0.4 is 0 Å². The third-order valence-electron chi connectivity index (χ3n) is 1.98. The Kier molecular flexibility index (Phi) is 2.40. The number of aryl methyl sites for hydroxylation is 1. The predicted molar refractivity (Wildman–Crippen MR) is 48.3 cm³/mol. The number of ether oxygens (including phenoxy) is 1. The fraction of sp³-hybridized carbons (Fsp3) is 0.556. The second-order valence-corrected chi connectivity index (χ2v) is 3.45. The second-order valence-electron chi connectivity index (χ2n) is 3.45. The molecule has 0 spiro atoms. The molecule has 0 N–H and O–H groups in total. The monoisotopic (exact) mass is 182 g/mol. The van der Waals surface area contributed by atoms with Crippen LogP contribution in [-0.2, 0) is 15.1 Å². The summed E-state index contributed by atoms with van der Waals surface area (Å²) in [4.78, 5) is 11.4. The van der Waals surface area contributed by atoms with Gasteiger partial charge in [0.1, 0.15) is 0 Å². The Bertz CT molecular complexity index is 315. The first kappa shape index (κ1) is 9.77. The van der Waals surface area contributed by atoms with Crippen molar-refractivity contribution in [1.82, 2.24) is 9.78 Å². The number of carbonyl (C=O) groups excluding carboxylic acids is 1. The standard InChI is InChI=1S/C9H14N2O2/c1-7-5-6-11(10-7)9(2,3)8(12)13-4/h5-6H,1-4H3. The lowest BCUT2D eigenvalue weighted by molar-refractivity contribution is -0.150. The van der Waals surface area contributed by atoms with Crippen molar-refractivity contribution in [3.05, 3.63) is 18.0 Å². The van der Waals surface area contributed by atoms with E-state index in [1.165, 1.54) is 7.11 Å². The predicted octanol–water partition coefficient (Wildman–Crippen LogP) is 1.10. The molecule has 0 saturated carbocycles. The Morgan fingerprint density at radius 1 is 1.62 bits per heavy atom. The van der Waals surface area contributed by atoms with Gasteiger partial charge in [-0.1, -0.05) is 0 Å². The number of carbonyl (C=O) groups is 1. The number of aromatic nitrogens is 2. The van der Waals surface area contributed by atoms with Crippen molar-refractivity contribution in [1.29, 1.82) is 0 Å². The van der Waals surface area contributed by atoms with Gasteiger partial charge in [0.25, 0.3) is 0 Å². The minimum absolute atomic E-state index is 0.296. The zero-order valence-electron chi connectivity index (χ0n) is 8.37. The molecule has 0 bridgehead atoms. The first-order valence-corrected chi connectivity index (χ1v) is 4.09. The van der Waals surface area contributed by atoms with Crippen LogP contribution in [0.4, 0.5) is 0 Å². The van der Waals surface area contributed by atoms with E-state index in [1.807, 2.05) is 13.0 Å². The molecule has 4 heteroatoms. The maximum atomic E-state index is 11.4. The van der Waals surface area contributed by atoms with Crippen molar-refractivity contribution in [2.24, 2.45) is 0 Å². The Hall–Kier alpha value is -1.32. The van der Waals surface area contributed by atoms with Crippen molar-refractivity contribution in [2.75, 3.05) is 7.11 Å². The van der Waals surface area contributed by atoms with Gasteiger partial charge in [-0.15, -0.1) is 0 Å². The third-order valence-corrected chi connectivity index (χ3v) is 1.98. The summed E-state index contributed by atoms with van der Waals surface area (Å²) in [5.41, 5.74) is 0.153. The molecule has 0 aliphatic heterocycles. The Morgan fingerprint density at radius 2 is 2.23 bits per heavy atom. The van der Waals surface area contributed by atoms with E-state index in [0.29, 0.717) is 0 Å². The van der Waals surface area contributed by atoms with E-state index >= 15 is 0 Å². The zero-order chi connectivity index (χ0) is 10.1. The van der Waals surface area contributed by atoms with Crippen molar-refractivity contribution >= 4 is 5.97 Å². The molecule has 1 rings (SSSR count). The summed E-state index contributed by atoms with van der Waals surface area (Å²) >= 11 is 0. The first-order valence-electron chi connectivity index (χ1n) is 4.09. The van der Waals surface area contributed by atoms with E-state index in [0.717, 1.165) is 5.69 Å². The van der Waals surface area contributed by atoms with Crippen molar-refractivity contribution in [2.45, 2.75) is 26.3 Å². The summed E-state index contributed by atoms with van der Waals surface area (Å²) in [7, 11) is 1.38. The topological polar surface area (TPSA) is 44.1 Å². The summed E-state index contributed by atoms with van der Waals surface area (Å²) in [6.45, 7) is 5.42. The zero-order valence-corrected chi connectivity index (χ0v) is 8.37. The fourth-order valence-electron chi connectivity index (χ4n) is 1.07. The second kappa shape index (κ2) is 3.20. The molecule has 72 valence electrons. The molecule has 4 nitrogen and oxygen atoms in total. The van der Waals surface area contributed by atoms with E-state index < -0.39 is 5.54 Å². The van der Waals surface area contributed by atoms with Crippen LogP contribution in [0.15, 0.2) is 12.3 Å². The normalized spacial score (nSPS) is 11.4. The molecule has 0 atom stereocenters. The molecule has 1 heterocycles. The van der Waals surface area contributed by atoms with Crippen LogP contribution in [0.5, 0.6) is 0 Å². The van der Waals surface area contributed by atoms with Gasteiger partial charge < -0.3 is 4.74 Å². The highest BCUT2D eigenvalue weighted by Crippen LogP contribution is 2.15.